The van der Waals surface area contributed by atoms with E-state index in [1.54, 1.807) is 18.2 Å². The first-order chi connectivity index (χ1) is 12.1. The molecular formula is C17H13N3O5. The summed E-state index contributed by atoms with van der Waals surface area (Å²) in [5.41, 5.74) is 0.599. The molecule has 1 aliphatic heterocycles. The Balaban J connectivity index is 1.53. The summed E-state index contributed by atoms with van der Waals surface area (Å²) < 4.78 is 10.5. The number of hydrogen-bond donors (Lipinski definition) is 3. The van der Waals surface area contributed by atoms with Crippen molar-refractivity contribution in [3.8, 4) is 11.5 Å². The van der Waals surface area contributed by atoms with Crippen molar-refractivity contribution in [3.05, 3.63) is 68.2 Å². The highest BCUT2D eigenvalue weighted by atomic mass is 16.7. The first-order valence-electron chi connectivity index (χ1n) is 7.53. The van der Waals surface area contributed by atoms with Gasteiger partial charge < -0.3 is 24.8 Å². The van der Waals surface area contributed by atoms with Gasteiger partial charge in [0, 0.05) is 12.1 Å². The van der Waals surface area contributed by atoms with Crippen LogP contribution in [0.5, 0.6) is 11.5 Å². The third kappa shape index (κ3) is 2.85. The lowest BCUT2D eigenvalue weighted by Gasteiger charge is -2.07. The zero-order valence-electron chi connectivity index (χ0n) is 12.9. The Bertz CT molecular complexity index is 1100. The summed E-state index contributed by atoms with van der Waals surface area (Å²) in [4.78, 5) is 39.9. The number of aromatic amines is 2. The van der Waals surface area contributed by atoms with Crippen LogP contribution in [0.1, 0.15) is 15.9 Å². The minimum atomic E-state index is -0.759. The van der Waals surface area contributed by atoms with E-state index in [1.807, 2.05) is 12.1 Å². The molecule has 8 nitrogen and oxygen atoms in total. The molecule has 3 N–H and O–H groups in total. The predicted molar refractivity (Wildman–Crippen MR) is 88.9 cm³/mol. The summed E-state index contributed by atoms with van der Waals surface area (Å²) in [6, 6.07) is 10.1. The van der Waals surface area contributed by atoms with Crippen LogP contribution in [-0.4, -0.2) is 22.7 Å². The predicted octanol–water partition coefficient (Wildman–Crippen LogP) is 0.875. The minimum Gasteiger partial charge on any atom is -0.454 e. The topological polar surface area (TPSA) is 113 Å². The molecule has 4 rings (SSSR count). The molecule has 0 fully saturated rings. The van der Waals surface area contributed by atoms with Crippen LogP contribution in [0.15, 0.2) is 46.0 Å². The van der Waals surface area contributed by atoms with Gasteiger partial charge in [-0.1, -0.05) is 6.07 Å². The molecule has 8 heteroatoms. The van der Waals surface area contributed by atoms with Gasteiger partial charge in [0.1, 0.15) is 0 Å². The van der Waals surface area contributed by atoms with Crippen LogP contribution in [0.2, 0.25) is 0 Å². The van der Waals surface area contributed by atoms with Crippen molar-refractivity contribution in [2.24, 2.45) is 0 Å². The van der Waals surface area contributed by atoms with Crippen LogP contribution in [0.3, 0.4) is 0 Å². The van der Waals surface area contributed by atoms with Crippen LogP contribution >= 0.6 is 0 Å². The number of nitrogens with one attached hydrogen (secondary N) is 3. The van der Waals surface area contributed by atoms with Crippen LogP contribution in [0.4, 0.5) is 0 Å². The van der Waals surface area contributed by atoms with Crippen LogP contribution in [0, 0.1) is 0 Å². The maximum absolute atomic E-state index is 12.3. The van der Waals surface area contributed by atoms with E-state index in [0.29, 0.717) is 34.6 Å². The third-order valence-electron chi connectivity index (χ3n) is 3.87. The van der Waals surface area contributed by atoms with Gasteiger partial charge in [-0.3, -0.25) is 14.4 Å². The van der Waals surface area contributed by atoms with Crippen molar-refractivity contribution in [1.29, 1.82) is 0 Å². The highest BCUT2D eigenvalue weighted by Gasteiger charge is 2.14. The number of aromatic nitrogens is 2. The lowest BCUT2D eigenvalue weighted by Crippen LogP contribution is -2.29. The molecule has 1 amide bonds. The van der Waals surface area contributed by atoms with E-state index in [0.717, 1.165) is 5.56 Å². The third-order valence-corrected chi connectivity index (χ3v) is 3.87. The quantitative estimate of drug-likeness (QED) is 0.613. The molecule has 1 aromatic heterocycles. The van der Waals surface area contributed by atoms with Gasteiger partial charge in [0.15, 0.2) is 11.5 Å². The molecule has 0 radical (unpaired) electrons. The van der Waals surface area contributed by atoms with E-state index in [2.05, 4.69) is 15.3 Å². The molecule has 0 aliphatic carbocycles. The van der Waals surface area contributed by atoms with E-state index in [4.69, 9.17) is 9.47 Å². The molecule has 126 valence electrons. The molecule has 0 atom stereocenters. The van der Waals surface area contributed by atoms with Crippen molar-refractivity contribution in [2.75, 3.05) is 6.79 Å². The largest absolute Gasteiger partial charge is 0.454 e. The van der Waals surface area contributed by atoms with Crippen molar-refractivity contribution >= 4 is 16.9 Å². The number of hydrogen-bond acceptors (Lipinski definition) is 5. The molecule has 3 aromatic rings. The number of carbonyl (C=O) groups is 1. The first kappa shape index (κ1) is 15.0. The molecule has 0 bridgehead atoms. The molecule has 0 saturated carbocycles. The van der Waals surface area contributed by atoms with Crippen LogP contribution in [0.25, 0.3) is 11.0 Å². The molecule has 1 aliphatic rings. The summed E-state index contributed by atoms with van der Waals surface area (Å²) in [6.45, 7) is 0.512. The molecule has 0 spiro atoms. The van der Waals surface area contributed by atoms with Crippen molar-refractivity contribution in [2.45, 2.75) is 6.54 Å². The molecule has 0 unspecified atom stereocenters. The van der Waals surface area contributed by atoms with Gasteiger partial charge in [-0.15, -0.1) is 0 Å². The maximum Gasteiger partial charge on any atom is 0.314 e. The monoisotopic (exact) mass is 339 g/mol. The maximum atomic E-state index is 12.3. The van der Waals surface area contributed by atoms with Crippen LogP contribution < -0.4 is 25.9 Å². The average molecular weight is 339 g/mol. The fraction of sp³-hybridized carbons (Fsp3) is 0.118. The number of H-pyrrole nitrogens is 2. The minimum absolute atomic E-state index is 0.197. The SMILES string of the molecule is O=C(NCc1ccc2c(c1)OCO2)c1ccc2[nH]c(=O)c(=O)[nH]c2c1. The van der Waals surface area contributed by atoms with Gasteiger partial charge in [0.2, 0.25) is 6.79 Å². The van der Waals surface area contributed by atoms with E-state index in [-0.39, 0.29) is 12.7 Å². The second-order valence-corrected chi connectivity index (χ2v) is 5.54. The van der Waals surface area contributed by atoms with E-state index < -0.39 is 11.1 Å². The van der Waals surface area contributed by atoms with E-state index in [1.165, 1.54) is 6.07 Å². The summed E-state index contributed by atoms with van der Waals surface area (Å²) in [5.74, 6) is 1.04. The van der Waals surface area contributed by atoms with Gasteiger partial charge in [0.05, 0.1) is 11.0 Å². The number of fused-ring (bicyclic) bond motifs is 2. The lowest BCUT2D eigenvalue weighted by molar-refractivity contribution is 0.0951. The Hall–Kier alpha value is -3.55. The number of benzene rings is 2. The Morgan fingerprint density at radius 3 is 2.56 bits per heavy atom. The zero-order valence-corrected chi connectivity index (χ0v) is 12.9. The van der Waals surface area contributed by atoms with Gasteiger partial charge in [0.25, 0.3) is 5.91 Å². The Kier molecular flexibility index (Phi) is 3.50. The smallest absolute Gasteiger partial charge is 0.314 e. The van der Waals surface area contributed by atoms with Crippen molar-refractivity contribution in [3.63, 3.8) is 0 Å². The summed E-state index contributed by atoms with van der Waals surface area (Å²) in [7, 11) is 0. The number of carbonyl (C=O) groups excluding carboxylic acids is 1. The number of ether oxygens (including phenoxy) is 2. The first-order valence-corrected chi connectivity index (χ1v) is 7.53. The fourth-order valence-corrected chi connectivity index (χ4v) is 2.59. The van der Waals surface area contributed by atoms with Gasteiger partial charge in [-0.2, -0.15) is 0 Å². The number of amides is 1. The highest BCUT2D eigenvalue weighted by molar-refractivity contribution is 5.97. The average Bonchev–Trinajstić information content (AvgIpc) is 3.08. The Labute approximate surface area is 140 Å². The summed E-state index contributed by atoms with van der Waals surface area (Å²) in [5, 5.41) is 2.80. The summed E-state index contributed by atoms with van der Waals surface area (Å²) in [6.07, 6.45) is 0. The lowest BCUT2D eigenvalue weighted by atomic mass is 10.1. The highest BCUT2D eigenvalue weighted by Crippen LogP contribution is 2.32. The second kappa shape index (κ2) is 5.82. The molecule has 2 heterocycles. The Morgan fingerprint density at radius 2 is 1.72 bits per heavy atom. The molecule has 0 saturated heterocycles. The van der Waals surface area contributed by atoms with E-state index in [9.17, 15) is 14.4 Å². The fourth-order valence-electron chi connectivity index (χ4n) is 2.59. The second-order valence-electron chi connectivity index (χ2n) is 5.54. The van der Waals surface area contributed by atoms with E-state index >= 15 is 0 Å². The van der Waals surface area contributed by atoms with Crippen molar-refractivity contribution in [1.82, 2.24) is 15.3 Å². The van der Waals surface area contributed by atoms with Gasteiger partial charge in [-0.25, -0.2) is 0 Å². The summed E-state index contributed by atoms with van der Waals surface area (Å²) >= 11 is 0. The molecule has 25 heavy (non-hydrogen) atoms. The molecular weight excluding hydrogens is 326 g/mol. The number of rotatable bonds is 3. The zero-order chi connectivity index (χ0) is 17.4. The molecule has 2 aromatic carbocycles. The van der Waals surface area contributed by atoms with Crippen molar-refractivity contribution < 1.29 is 14.3 Å². The van der Waals surface area contributed by atoms with Gasteiger partial charge in [-0.05, 0) is 35.9 Å². The Morgan fingerprint density at radius 1 is 0.960 bits per heavy atom. The standard InChI is InChI=1S/C17H13N3O5/c21-15(18-7-9-1-4-13-14(5-9)25-8-24-13)10-2-3-11-12(6-10)20-17(23)16(22)19-11/h1-6H,7-8H2,(H,18,21)(H,19,22)(H,20,23). The van der Waals surface area contributed by atoms with Crippen LogP contribution in [-0.2, 0) is 6.54 Å². The normalized spacial score (nSPS) is 12.3. The van der Waals surface area contributed by atoms with Gasteiger partial charge >= 0.3 is 11.1 Å².